The highest BCUT2D eigenvalue weighted by Crippen LogP contribution is 2.26. The van der Waals surface area contributed by atoms with Crippen LogP contribution in [0.25, 0.3) is 11.4 Å². The highest BCUT2D eigenvalue weighted by molar-refractivity contribution is 7.99. The van der Waals surface area contributed by atoms with Crippen LogP contribution in [0.5, 0.6) is 0 Å². The molecule has 122 valence electrons. The van der Waals surface area contributed by atoms with E-state index in [1.54, 1.807) is 11.8 Å². The first kappa shape index (κ1) is 16.3. The lowest BCUT2D eigenvalue weighted by atomic mass is 10.1. The lowest BCUT2D eigenvalue weighted by Crippen LogP contribution is -2.21. The topological polar surface area (TPSA) is 39.9 Å². The second kappa shape index (κ2) is 7.79. The molecule has 0 saturated carbocycles. The largest absolute Gasteiger partial charge is 0.377 e. The third-order valence-electron chi connectivity index (χ3n) is 4.01. The van der Waals surface area contributed by atoms with Crippen molar-refractivity contribution in [2.45, 2.75) is 44.0 Å². The molecular weight excluding hydrogens is 306 g/mol. The number of benzene rings is 1. The molecule has 0 bridgehead atoms. The van der Waals surface area contributed by atoms with Gasteiger partial charge in [0.25, 0.3) is 0 Å². The number of allylic oxidation sites excluding steroid dienone is 1. The van der Waals surface area contributed by atoms with Crippen LogP contribution in [-0.2, 0) is 11.3 Å². The van der Waals surface area contributed by atoms with Crippen LogP contribution in [0.15, 0.2) is 42.1 Å². The Labute approximate surface area is 142 Å². The van der Waals surface area contributed by atoms with Crippen molar-refractivity contribution in [2.24, 2.45) is 0 Å². The summed E-state index contributed by atoms with van der Waals surface area (Å²) in [6.07, 6.45) is 5.82. The second-order valence-corrected chi connectivity index (χ2v) is 6.86. The molecule has 3 rings (SSSR count). The van der Waals surface area contributed by atoms with Gasteiger partial charge in [-0.2, -0.15) is 0 Å². The van der Waals surface area contributed by atoms with E-state index in [1.807, 2.05) is 6.08 Å². The molecule has 1 fully saturated rings. The van der Waals surface area contributed by atoms with E-state index in [0.717, 1.165) is 35.3 Å². The van der Waals surface area contributed by atoms with Gasteiger partial charge in [-0.25, -0.2) is 0 Å². The van der Waals surface area contributed by atoms with Gasteiger partial charge < -0.3 is 4.74 Å². The molecule has 0 spiro atoms. The Bertz CT molecular complexity index is 645. The number of nitrogens with zero attached hydrogens (tertiary/aromatic N) is 3. The van der Waals surface area contributed by atoms with Gasteiger partial charge in [0.1, 0.15) is 0 Å². The minimum Gasteiger partial charge on any atom is -0.377 e. The maximum atomic E-state index is 5.81. The molecule has 0 amide bonds. The Morgan fingerprint density at radius 1 is 1.30 bits per heavy atom. The Morgan fingerprint density at radius 3 is 2.83 bits per heavy atom. The fourth-order valence-corrected chi connectivity index (χ4v) is 3.72. The van der Waals surface area contributed by atoms with E-state index in [9.17, 15) is 0 Å². The number of aromatic nitrogens is 3. The summed E-state index contributed by atoms with van der Waals surface area (Å²) in [5.41, 5.74) is 2.33. The molecule has 1 aromatic carbocycles. The third-order valence-corrected chi connectivity index (χ3v) is 5.11. The van der Waals surface area contributed by atoms with Crippen LogP contribution in [0.1, 0.15) is 24.8 Å². The fraction of sp³-hybridized carbons (Fsp3) is 0.444. The monoisotopic (exact) mass is 329 g/mol. The van der Waals surface area contributed by atoms with Crippen LogP contribution in [0.4, 0.5) is 0 Å². The van der Waals surface area contributed by atoms with Gasteiger partial charge >= 0.3 is 0 Å². The lowest BCUT2D eigenvalue weighted by Gasteiger charge is -2.21. The minimum absolute atomic E-state index is 0.338. The van der Waals surface area contributed by atoms with Gasteiger partial charge in [-0.3, -0.25) is 4.57 Å². The molecule has 0 N–H and O–H groups in total. The van der Waals surface area contributed by atoms with Crippen molar-refractivity contribution in [2.75, 3.05) is 12.4 Å². The smallest absolute Gasteiger partial charge is 0.191 e. The van der Waals surface area contributed by atoms with Gasteiger partial charge in [-0.05, 0) is 26.2 Å². The van der Waals surface area contributed by atoms with Crippen molar-refractivity contribution in [3.8, 4) is 11.4 Å². The molecule has 1 unspecified atom stereocenters. The molecule has 5 heteroatoms. The van der Waals surface area contributed by atoms with Crippen molar-refractivity contribution in [1.82, 2.24) is 14.8 Å². The zero-order chi connectivity index (χ0) is 16.1. The van der Waals surface area contributed by atoms with Crippen molar-refractivity contribution < 1.29 is 4.74 Å². The van der Waals surface area contributed by atoms with Gasteiger partial charge in [0.05, 0.1) is 6.10 Å². The van der Waals surface area contributed by atoms with E-state index in [1.165, 1.54) is 18.4 Å². The van der Waals surface area contributed by atoms with Crippen molar-refractivity contribution >= 4 is 11.8 Å². The van der Waals surface area contributed by atoms with Gasteiger partial charge in [0, 0.05) is 24.5 Å². The van der Waals surface area contributed by atoms with Crippen molar-refractivity contribution in [1.29, 1.82) is 0 Å². The molecule has 1 aliphatic rings. The van der Waals surface area contributed by atoms with E-state index in [-0.39, 0.29) is 0 Å². The maximum Gasteiger partial charge on any atom is 0.191 e. The number of aryl methyl sites for hydroxylation is 1. The number of hydrogen-bond donors (Lipinski definition) is 0. The SMILES string of the molecule is C=CCn1c(SCC2CCCCO2)nnc1-c1ccc(C)cc1. The summed E-state index contributed by atoms with van der Waals surface area (Å²) in [6, 6.07) is 8.39. The van der Waals surface area contributed by atoms with Crippen LogP contribution in [0.2, 0.25) is 0 Å². The Hall–Kier alpha value is -1.59. The van der Waals surface area contributed by atoms with Crippen LogP contribution < -0.4 is 0 Å². The molecule has 23 heavy (non-hydrogen) atoms. The molecule has 1 aliphatic heterocycles. The van der Waals surface area contributed by atoms with Crippen LogP contribution in [-0.4, -0.2) is 33.2 Å². The van der Waals surface area contributed by atoms with Crippen LogP contribution >= 0.6 is 11.8 Å². The van der Waals surface area contributed by atoms with E-state index >= 15 is 0 Å². The summed E-state index contributed by atoms with van der Waals surface area (Å²) in [5.74, 6) is 1.83. The highest BCUT2D eigenvalue weighted by Gasteiger charge is 2.18. The molecule has 1 atom stereocenters. The first-order valence-electron chi connectivity index (χ1n) is 8.13. The maximum absolute atomic E-state index is 5.81. The third kappa shape index (κ3) is 4.03. The predicted molar refractivity (Wildman–Crippen MR) is 94.7 cm³/mol. The number of hydrogen-bond acceptors (Lipinski definition) is 4. The summed E-state index contributed by atoms with van der Waals surface area (Å²) >= 11 is 1.73. The number of ether oxygens (including phenoxy) is 1. The number of thioether (sulfide) groups is 1. The average Bonchev–Trinajstić information content (AvgIpc) is 2.98. The standard InChI is InChI=1S/C18H23N3OS/c1-3-11-21-17(15-9-7-14(2)8-10-15)19-20-18(21)23-13-16-6-4-5-12-22-16/h3,7-10,16H,1,4-6,11-13H2,2H3. The van der Waals surface area contributed by atoms with Crippen LogP contribution in [0, 0.1) is 6.92 Å². The zero-order valence-corrected chi connectivity index (χ0v) is 14.4. The zero-order valence-electron chi connectivity index (χ0n) is 13.6. The van der Waals surface area contributed by atoms with Gasteiger partial charge in [0.15, 0.2) is 11.0 Å². The summed E-state index contributed by atoms with van der Waals surface area (Å²) in [5, 5.41) is 9.73. The molecule has 2 heterocycles. The first-order valence-corrected chi connectivity index (χ1v) is 9.12. The molecule has 1 aromatic heterocycles. The quantitative estimate of drug-likeness (QED) is 0.591. The summed E-state index contributed by atoms with van der Waals surface area (Å²) in [6.45, 7) is 7.55. The predicted octanol–water partition coefficient (Wildman–Crippen LogP) is 4.10. The van der Waals surface area contributed by atoms with Gasteiger partial charge in [-0.15, -0.1) is 16.8 Å². The van der Waals surface area contributed by atoms with Crippen LogP contribution in [0.3, 0.4) is 0 Å². The molecule has 0 aliphatic carbocycles. The van der Waals surface area contributed by atoms with E-state index in [2.05, 4.69) is 52.5 Å². The van der Waals surface area contributed by atoms with Crippen molar-refractivity contribution in [3.63, 3.8) is 0 Å². The van der Waals surface area contributed by atoms with Gasteiger partial charge in [0.2, 0.25) is 0 Å². The molecule has 2 aromatic rings. The van der Waals surface area contributed by atoms with E-state index < -0.39 is 0 Å². The van der Waals surface area contributed by atoms with E-state index in [4.69, 9.17) is 4.74 Å². The van der Waals surface area contributed by atoms with E-state index in [0.29, 0.717) is 12.6 Å². The minimum atomic E-state index is 0.338. The molecule has 1 saturated heterocycles. The lowest BCUT2D eigenvalue weighted by molar-refractivity contribution is 0.0315. The molecule has 4 nitrogen and oxygen atoms in total. The normalized spacial score (nSPS) is 18.0. The fourth-order valence-electron chi connectivity index (χ4n) is 2.71. The summed E-state index contributed by atoms with van der Waals surface area (Å²) < 4.78 is 7.94. The Balaban J connectivity index is 1.77. The Kier molecular flexibility index (Phi) is 5.51. The second-order valence-electron chi connectivity index (χ2n) is 5.87. The summed E-state index contributed by atoms with van der Waals surface area (Å²) in [4.78, 5) is 0. The Morgan fingerprint density at radius 2 is 2.13 bits per heavy atom. The number of rotatable bonds is 6. The van der Waals surface area contributed by atoms with Crippen molar-refractivity contribution in [3.05, 3.63) is 42.5 Å². The first-order chi connectivity index (χ1) is 11.3. The molecule has 0 radical (unpaired) electrons. The average molecular weight is 329 g/mol. The summed E-state index contributed by atoms with van der Waals surface area (Å²) in [7, 11) is 0. The molecular formula is C18H23N3OS. The highest BCUT2D eigenvalue weighted by atomic mass is 32.2. The van der Waals surface area contributed by atoms with Gasteiger partial charge in [-0.1, -0.05) is 47.7 Å².